The predicted octanol–water partition coefficient (Wildman–Crippen LogP) is 3.86. The van der Waals surface area contributed by atoms with E-state index in [2.05, 4.69) is 5.32 Å². The van der Waals surface area contributed by atoms with E-state index >= 15 is 0 Å². The quantitative estimate of drug-likeness (QED) is 0.536. The van der Waals surface area contributed by atoms with E-state index in [0.717, 1.165) is 6.42 Å². The van der Waals surface area contributed by atoms with Gasteiger partial charge < -0.3 is 14.8 Å². The van der Waals surface area contributed by atoms with E-state index in [0.29, 0.717) is 35.6 Å². The van der Waals surface area contributed by atoms with Gasteiger partial charge in [0.15, 0.2) is 12.4 Å². The van der Waals surface area contributed by atoms with Gasteiger partial charge in [0.1, 0.15) is 5.75 Å². The van der Waals surface area contributed by atoms with Crippen molar-refractivity contribution < 1.29 is 23.9 Å². The van der Waals surface area contributed by atoms with Crippen LogP contribution in [0.4, 0.5) is 5.69 Å². The van der Waals surface area contributed by atoms with Crippen molar-refractivity contribution in [3.8, 4) is 5.75 Å². The number of rotatable bonds is 9. The number of hydrogen-bond donors (Lipinski definition) is 1. The number of anilines is 1. The zero-order valence-electron chi connectivity index (χ0n) is 15.5. The second-order valence-electron chi connectivity index (χ2n) is 5.85. The fourth-order valence-electron chi connectivity index (χ4n) is 2.25. The summed E-state index contributed by atoms with van der Waals surface area (Å²) in [6, 6.07) is 13.1. The largest absolute Gasteiger partial charge is 0.484 e. The van der Waals surface area contributed by atoms with Crippen molar-refractivity contribution in [1.82, 2.24) is 0 Å². The zero-order valence-corrected chi connectivity index (χ0v) is 15.5. The Balaban J connectivity index is 1.83. The molecule has 0 radical (unpaired) electrons. The standard InChI is InChI=1S/C21H23NO5/c1-3-13-26-21(25)16-5-9-17(10-6-16)22-20(24)14-27-18-11-7-15(8-12-18)19(23)4-2/h5-12H,3-4,13-14H2,1-2H3,(H,22,24). The lowest BCUT2D eigenvalue weighted by atomic mass is 10.1. The third kappa shape index (κ3) is 6.26. The second kappa shape index (κ2) is 10.1. The highest BCUT2D eigenvalue weighted by molar-refractivity contribution is 5.96. The molecule has 27 heavy (non-hydrogen) atoms. The smallest absolute Gasteiger partial charge is 0.338 e. The number of ketones is 1. The van der Waals surface area contributed by atoms with Crippen LogP contribution in [0.25, 0.3) is 0 Å². The van der Waals surface area contributed by atoms with Gasteiger partial charge in [0.05, 0.1) is 12.2 Å². The molecule has 0 spiro atoms. The lowest BCUT2D eigenvalue weighted by Gasteiger charge is -2.09. The first-order valence-corrected chi connectivity index (χ1v) is 8.86. The lowest BCUT2D eigenvalue weighted by molar-refractivity contribution is -0.118. The fraction of sp³-hybridized carbons (Fsp3) is 0.286. The molecular formula is C21H23NO5. The summed E-state index contributed by atoms with van der Waals surface area (Å²) in [4.78, 5) is 35.3. The molecule has 1 N–H and O–H groups in total. The van der Waals surface area contributed by atoms with E-state index < -0.39 is 0 Å². The van der Waals surface area contributed by atoms with Gasteiger partial charge in [0.25, 0.3) is 5.91 Å². The SMILES string of the molecule is CCCOC(=O)c1ccc(NC(=O)COc2ccc(C(=O)CC)cc2)cc1. The van der Waals surface area contributed by atoms with Crippen LogP contribution in [-0.2, 0) is 9.53 Å². The molecule has 0 unspecified atom stereocenters. The number of hydrogen-bond acceptors (Lipinski definition) is 5. The third-order valence-electron chi connectivity index (χ3n) is 3.71. The van der Waals surface area contributed by atoms with Crippen LogP contribution < -0.4 is 10.1 Å². The lowest BCUT2D eigenvalue weighted by Crippen LogP contribution is -2.20. The van der Waals surface area contributed by atoms with Crippen molar-refractivity contribution >= 4 is 23.3 Å². The Morgan fingerprint density at radius 2 is 1.52 bits per heavy atom. The average Bonchev–Trinajstić information content (AvgIpc) is 2.70. The van der Waals surface area contributed by atoms with Gasteiger partial charge in [-0.2, -0.15) is 0 Å². The van der Waals surface area contributed by atoms with Gasteiger partial charge in [-0.05, 0) is 55.0 Å². The summed E-state index contributed by atoms with van der Waals surface area (Å²) in [5.41, 5.74) is 1.60. The van der Waals surface area contributed by atoms with Crippen LogP contribution in [0.2, 0.25) is 0 Å². The van der Waals surface area contributed by atoms with Crippen LogP contribution in [-0.4, -0.2) is 30.9 Å². The van der Waals surface area contributed by atoms with Crippen molar-refractivity contribution in [2.75, 3.05) is 18.5 Å². The minimum absolute atomic E-state index is 0.0568. The number of carbonyl (C=O) groups excluding carboxylic acids is 3. The summed E-state index contributed by atoms with van der Waals surface area (Å²) in [6.07, 6.45) is 1.20. The van der Waals surface area contributed by atoms with Gasteiger partial charge in [-0.3, -0.25) is 9.59 Å². The molecule has 142 valence electrons. The van der Waals surface area contributed by atoms with Crippen molar-refractivity contribution in [2.24, 2.45) is 0 Å². The number of carbonyl (C=O) groups is 3. The molecule has 1 amide bonds. The first kappa shape index (κ1) is 20.2. The van der Waals surface area contributed by atoms with Crippen LogP contribution >= 0.6 is 0 Å². The highest BCUT2D eigenvalue weighted by Crippen LogP contribution is 2.14. The van der Waals surface area contributed by atoms with E-state index in [1.54, 1.807) is 55.5 Å². The maximum absolute atomic E-state index is 12.0. The number of Topliss-reactive ketones (excluding diaryl/α,β-unsaturated/α-hetero) is 1. The maximum atomic E-state index is 12.0. The Kier molecular flexibility index (Phi) is 7.55. The topological polar surface area (TPSA) is 81.7 Å². The Labute approximate surface area is 158 Å². The molecule has 0 aromatic heterocycles. The minimum Gasteiger partial charge on any atom is -0.484 e. The summed E-state index contributed by atoms with van der Waals surface area (Å²) in [7, 11) is 0. The summed E-state index contributed by atoms with van der Waals surface area (Å²) in [5.74, 6) is -0.152. The number of amides is 1. The highest BCUT2D eigenvalue weighted by Gasteiger charge is 2.08. The first-order valence-electron chi connectivity index (χ1n) is 8.86. The van der Waals surface area contributed by atoms with E-state index in [4.69, 9.17) is 9.47 Å². The van der Waals surface area contributed by atoms with Gasteiger partial charge in [0, 0.05) is 17.7 Å². The molecule has 6 nitrogen and oxygen atoms in total. The first-order chi connectivity index (χ1) is 13.0. The molecule has 2 rings (SSSR count). The molecule has 0 aliphatic heterocycles. The Hall–Kier alpha value is -3.15. The van der Waals surface area contributed by atoms with Crippen molar-refractivity contribution in [3.63, 3.8) is 0 Å². The van der Waals surface area contributed by atoms with Gasteiger partial charge in [-0.25, -0.2) is 4.79 Å². The number of esters is 1. The summed E-state index contributed by atoms with van der Waals surface area (Å²) in [5, 5.41) is 2.69. The molecule has 0 fully saturated rings. The van der Waals surface area contributed by atoms with Crippen molar-refractivity contribution in [2.45, 2.75) is 26.7 Å². The molecule has 2 aromatic carbocycles. The van der Waals surface area contributed by atoms with Gasteiger partial charge in [0.2, 0.25) is 0 Å². The third-order valence-corrected chi connectivity index (χ3v) is 3.71. The van der Waals surface area contributed by atoms with Crippen molar-refractivity contribution in [1.29, 1.82) is 0 Å². The molecule has 0 bridgehead atoms. The van der Waals surface area contributed by atoms with Gasteiger partial charge >= 0.3 is 5.97 Å². The van der Waals surface area contributed by atoms with Crippen LogP contribution in [0.3, 0.4) is 0 Å². The summed E-state index contributed by atoms with van der Waals surface area (Å²) in [6.45, 7) is 3.94. The monoisotopic (exact) mass is 369 g/mol. The molecule has 0 aliphatic rings. The number of nitrogens with one attached hydrogen (secondary N) is 1. The molecule has 0 saturated carbocycles. The average molecular weight is 369 g/mol. The van der Waals surface area contributed by atoms with E-state index in [9.17, 15) is 14.4 Å². The summed E-state index contributed by atoms with van der Waals surface area (Å²) < 4.78 is 10.5. The Morgan fingerprint density at radius 1 is 0.889 bits per heavy atom. The molecule has 0 aliphatic carbocycles. The minimum atomic E-state index is -0.386. The van der Waals surface area contributed by atoms with E-state index in [1.165, 1.54) is 0 Å². The van der Waals surface area contributed by atoms with E-state index in [-0.39, 0.29) is 24.3 Å². The second-order valence-corrected chi connectivity index (χ2v) is 5.85. The van der Waals surface area contributed by atoms with Gasteiger partial charge in [-0.1, -0.05) is 13.8 Å². The molecule has 2 aromatic rings. The molecule has 0 heterocycles. The predicted molar refractivity (Wildman–Crippen MR) is 102 cm³/mol. The number of benzene rings is 2. The summed E-state index contributed by atoms with van der Waals surface area (Å²) >= 11 is 0. The van der Waals surface area contributed by atoms with Crippen LogP contribution in [0.5, 0.6) is 5.75 Å². The van der Waals surface area contributed by atoms with Crippen molar-refractivity contribution in [3.05, 3.63) is 59.7 Å². The van der Waals surface area contributed by atoms with Crippen LogP contribution in [0.15, 0.2) is 48.5 Å². The number of ether oxygens (including phenoxy) is 2. The Bertz CT molecular complexity index is 781. The highest BCUT2D eigenvalue weighted by atomic mass is 16.5. The molecule has 0 atom stereocenters. The molecule has 6 heteroatoms. The zero-order chi connectivity index (χ0) is 19.6. The molecular weight excluding hydrogens is 346 g/mol. The van der Waals surface area contributed by atoms with Gasteiger partial charge in [-0.15, -0.1) is 0 Å². The fourth-order valence-corrected chi connectivity index (χ4v) is 2.25. The molecule has 0 saturated heterocycles. The van der Waals surface area contributed by atoms with Crippen LogP contribution in [0.1, 0.15) is 47.4 Å². The maximum Gasteiger partial charge on any atom is 0.338 e. The normalized spacial score (nSPS) is 10.1. The van der Waals surface area contributed by atoms with Crippen LogP contribution in [0, 0.1) is 0 Å². The Morgan fingerprint density at radius 3 is 2.11 bits per heavy atom. The van der Waals surface area contributed by atoms with E-state index in [1.807, 2.05) is 6.92 Å².